The lowest BCUT2D eigenvalue weighted by molar-refractivity contribution is -0.384. The van der Waals surface area contributed by atoms with E-state index in [0.717, 1.165) is 11.3 Å². The fourth-order valence-electron chi connectivity index (χ4n) is 3.55. The number of thioether (sulfide) groups is 1. The van der Waals surface area contributed by atoms with Gasteiger partial charge in [-0.3, -0.25) is 24.6 Å². The maximum atomic E-state index is 12.8. The van der Waals surface area contributed by atoms with Gasteiger partial charge in [-0.1, -0.05) is 5.16 Å². The summed E-state index contributed by atoms with van der Waals surface area (Å²) in [7, 11) is 1.25. The number of non-ortho nitro benzene ring substituents is 1. The van der Waals surface area contributed by atoms with Crippen LogP contribution in [0.4, 0.5) is 10.8 Å². The van der Waals surface area contributed by atoms with Crippen LogP contribution in [-0.2, 0) is 40.1 Å². The standard InChI is InChI=1S/C22H20N6O9S2/c1-35-26-16(13-10-39-22(23)24-13)18(30)25-17-19(31)27-14(6-7-38-20(17)27)21(32)37-9-15(29)36-8-11-2-4-12(5-3-11)28(33)34/h2-6,10,17,20H,7-9H2,1H3,(H2,23,24)(H,25,30)/b26-16+. The molecular formula is C22H20N6O9S2. The van der Waals surface area contributed by atoms with E-state index in [1.807, 2.05) is 0 Å². The molecule has 2 aliphatic rings. The number of hydrogen-bond donors (Lipinski definition) is 2. The zero-order chi connectivity index (χ0) is 28.1. The Labute approximate surface area is 228 Å². The first-order chi connectivity index (χ1) is 18.7. The van der Waals surface area contributed by atoms with Gasteiger partial charge in [0.15, 0.2) is 17.5 Å². The van der Waals surface area contributed by atoms with Crippen molar-refractivity contribution in [1.82, 2.24) is 15.2 Å². The molecule has 4 rings (SSSR count). The zero-order valence-corrected chi connectivity index (χ0v) is 21.7. The van der Waals surface area contributed by atoms with Gasteiger partial charge in [0.1, 0.15) is 36.5 Å². The number of hydrogen-bond acceptors (Lipinski definition) is 14. The van der Waals surface area contributed by atoms with E-state index in [-0.39, 0.29) is 34.5 Å². The molecule has 39 heavy (non-hydrogen) atoms. The highest BCUT2D eigenvalue weighted by Crippen LogP contribution is 2.37. The van der Waals surface area contributed by atoms with E-state index in [1.54, 1.807) is 0 Å². The van der Waals surface area contributed by atoms with E-state index in [9.17, 15) is 29.3 Å². The number of amides is 2. The monoisotopic (exact) mass is 576 g/mol. The minimum absolute atomic E-state index is 0.0597. The number of nitrogens with two attached hydrogens (primary N) is 1. The van der Waals surface area contributed by atoms with Gasteiger partial charge in [0, 0.05) is 23.3 Å². The van der Waals surface area contributed by atoms with Gasteiger partial charge in [0.25, 0.3) is 17.5 Å². The van der Waals surface area contributed by atoms with Crippen molar-refractivity contribution < 1.29 is 38.4 Å². The van der Waals surface area contributed by atoms with Gasteiger partial charge in [-0.15, -0.1) is 23.1 Å². The molecule has 0 saturated carbocycles. The summed E-state index contributed by atoms with van der Waals surface area (Å²) in [6.45, 7) is -0.888. The van der Waals surface area contributed by atoms with Gasteiger partial charge in [-0.05, 0) is 23.8 Å². The molecule has 2 aromatic rings. The quantitative estimate of drug-likeness (QED) is 0.131. The van der Waals surface area contributed by atoms with Gasteiger partial charge in [-0.25, -0.2) is 14.6 Å². The van der Waals surface area contributed by atoms with Gasteiger partial charge < -0.3 is 25.4 Å². The maximum absolute atomic E-state index is 12.8. The number of nitrogen functional groups attached to an aromatic ring is 1. The maximum Gasteiger partial charge on any atom is 0.355 e. The number of rotatable bonds is 10. The number of β-lactam (4-membered cyclic amide) rings is 1. The number of benzene rings is 1. The number of esters is 2. The number of anilines is 1. The molecule has 0 bridgehead atoms. The van der Waals surface area contributed by atoms with Crippen molar-refractivity contribution in [2.75, 3.05) is 25.2 Å². The fraction of sp³-hybridized carbons (Fsp3) is 0.273. The van der Waals surface area contributed by atoms with Gasteiger partial charge >= 0.3 is 11.9 Å². The number of carbonyl (C=O) groups excluding carboxylic acids is 4. The molecule has 1 aromatic carbocycles. The molecule has 2 atom stereocenters. The van der Waals surface area contributed by atoms with Crippen molar-refractivity contribution in [2.45, 2.75) is 18.0 Å². The Morgan fingerprint density at radius 3 is 2.67 bits per heavy atom. The first-order valence-corrected chi connectivity index (χ1v) is 13.0. The third-order valence-corrected chi connectivity index (χ3v) is 7.23. The molecule has 15 nitrogen and oxygen atoms in total. The highest BCUT2D eigenvalue weighted by molar-refractivity contribution is 8.00. The number of thiazole rings is 1. The van der Waals surface area contributed by atoms with Crippen LogP contribution in [0.5, 0.6) is 0 Å². The van der Waals surface area contributed by atoms with Crippen LogP contribution in [0.3, 0.4) is 0 Å². The average molecular weight is 577 g/mol. The van der Waals surface area contributed by atoms with Crippen LogP contribution in [0, 0.1) is 10.1 Å². The van der Waals surface area contributed by atoms with E-state index >= 15 is 0 Å². The highest BCUT2D eigenvalue weighted by Gasteiger charge is 2.53. The average Bonchev–Trinajstić information content (AvgIpc) is 3.37. The Morgan fingerprint density at radius 1 is 1.28 bits per heavy atom. The van der Waals surface area contributed by atoms with E-state index in [4.69, 9.17) is 20.0 Å². The third-order valence-electron chi connectivity index (χ3n) is 5.37. The van der Waals surface area contributed by atoms with Crippen LogP contribution in [-0.4, -0.2) is 75.2 Å². The summed E-state index contributed by atoms with van der Waals surface area (Å²) in [5.41, 5.74) is 5.98. The number of nitro groups is 1. The number of oxime groups is 1. The molecule has 0 spiro atoms. The smallest absolute Gasteiger partial charge is 0.355 e. The molecule has 0 radical (unpaired) electrons. The Bertz CT molecular complexity index is 1370. The number of nitro benzene ring substituents is 1. The van der Waals surface area contributed by atoms with Crippen molar-refractivity contribution in [1.29, 1.82) is 0 Å². The lowest BCUT2D eigenvalue weighted by atomic mass is 10.0. The summed E-state index contributed by atoms with van der Waals surface area (Å²) in [6, 6.07) is 4.45. The Hall–Kier alpha value is -4.51. The molecule has 1 saturated heterocycles. The second-order valence-electron chi connectivity index (χ2n) is 7.83. The summed E-state index contributed by atoms with van der Waals surface area (Å²) in [5.74, 6) is -2.69. The molecule has 17 heteroatoms. The van der Waals surface area contributed by atoms with Crippen molar-refractivity contribution in [3.05, 3.63) is 62.8 Å². The Balaban J connectivity index is 1.29. The molecule has 2 amide bonds. The van der Waals surface area contributed by atoms with E-state index in [1.165, 1.54) is 59.5 Å². The first-order valence-electron chi connectivity index (χ1n) is 11.0. The molecule has 204 valence electrons. The Morgan fingerprint density at radius 2 is 2.03 bits per heavy atom. The van der Waals surface area contributed by atoms with E-state index in [0.29, 0.717) is 11.3 Å². The van der Waals surface area contributed by atoms with Crippen LogP contribution >= 0.6 is 23.1 Å². The van der Waals surface area contributed by atoms with Gasteiger partial charge in [-0.2, -0.15) is 0 Å². The second-order valence-corrected chi connectivity index (χ2v) is 9.87. The number of nitrogens with zero attached hydrogens (tertiary/aromatic N) is 4. The summed E-state index contributed by atoms with van der Waals surface area (Å²) in [5, 5.41) is 18.1. The van der Waals surface area contributed by atoms with E-state index in [2.05, 4.69) is 15.5 Å². The molecule has 3 N–H and O–H groups in total. The SMILES string of the molecule is CO/N=C(/C(=O)NC1C(=O)N2C(C(=O)OCC(=O)OCc3ccc([N+](=O)[O-])cc3)=CCSC12)c1csc(N)n1. The topological polar surface area (TPSA) is 206 Å². The lowest BCUT2D eigenvalue weighted by Gasteiger charge is -2.48. The molecule has 1 fully saturated rings. The largest absolute Gasteiger partial charge is 0.458 e. The molecule has 2 aliphatic heterocycles. The summed E-state index contributed by atoms with van der Waals surface area (Å²) >= 11 is 2.42. The number of nitrogens with one attached hydrogen (secondary N) is 1. The third kappa shape index (κ3) is 6.15. The number of ether oxygens (including phenoxy) is 2. The molecule has 3 heterocycles. The molecule has 2 unspecified atom stereocenters. The van der Waals surface area contributed by atoms with Crippen LogP contribution < -0.4 is 11.1 Å². The molecule has 1 aromatic heterocycles. The summed E-state index contributed by atoms with van der Waals surface area (Å²) < 4.78 is 10.0. The van der Waals surface area contributed by atoms with Gasteiger partial charge in [0.2, 0.25) is 0 Å². The van der Waals surface area contributed by atoms with Crippen LogP contribution in [0.25, 0.3) is 0 Å². The lowest BCUT2D eigenvalue weighted by Crippen LogP contribution is -2.70. The predicted octanol–water partition coefficient (Wildman–Crippen LogP) is 0.554. The predicted molar refractivity (Wildman–Crippen MR) is 137 cm³/mol. The van der Waals surface area contributed by atoms with Crippen molar-refractivity contribution in [3.63, 3.8) is 0 Å². The van der Waals surface area contributed by atoms with E-state index < -0.39 is 46.7 Å². The Kier molecular flexibility index (Phi) is 8.40. The second kappa shape index (κ2) is 11.9. The summed E-state index contributed by atoms with van der Waals surface area (Å²) in [4.78, 5) is 70.3. The van der Waals surface area contributed by atoms with Crippen LogP contribution in [0.2, 0.25) is 0 Å². The van der Waals surface area contributed by atoms with Gasteiger partial charge in [0.05, 0.1) is 4.92 Å². The number of fused-ring (bicyclic) bond motifs is 1. The number of carbonyl (C=O) groups is 4. The zero-order valence-electron chi connectivity index (χ0n) is 20.1. The van der Waals surface area contributed by atoms with Crippen LogP contribution in [0.15, 0.2) is 46.6 Å². The number of aromatic nitrogens is 1. The normalized spacial score (nSPS) is 18.3. The molecule has 0 aliphatic carbocycles. The fourth-order valence-corrected chi connectivity index (χ4v) is 5.29. The minimum Gasteiger partial charge on any atom is -0.458 e. The van der Waals surface area contributed by atoms with Crippen molar-refractivity contribution in [2.24, 2.45) is 5.16 Å². The first kappa shape index (κ1) is 27.5. The van der Waals surface area contributed by atoms with Crippen molar-refractivity contribution >= 4 is 63.4 Å². The van der Waals surface area contributed by atoms with Crippen molar-refractivity contribution in [3.8, 4) is 0 Å². The summed E-state index contributed by atoms with van der Waals surface area (Å²) in [6.07, 6.45) is 1.48. The molecular weight excluding hydrogens is 556 g/mol. The van der Waals surface area contributed by atoms with Crippen LogP contribution in [0.1, 0.15) is 11.3 Å². The minimum atomic E-state index is -0.955. The highest BCUT2D eigenvalue weighted by atomic mass is 32.2.